The number of aliphatic hydroxyl groups is 1. The minimum atomic E-state index is 0.0460. The van der Waals surface area contributed by atoms with Crippen molar-refractivity contribution in [3.8, 4) is 0 Å². The third kappa shape index (κ3) is 3.48. The largest absolute Gasteiger partial charge is 0.392 e. The van der Waals surface area contributed by atoms with Gasteiger partial charge in [0, 0.05) is 18.0 Å². The quantitative estimate of drug-likeness (QED) is 0.812. The van der Waals surface area contributed by atoms with Crippen molar-refractivity contribution in [2.24, 2.45) is 0 Å². The van der Waals surface area contributed by atoms with E-state index >= 15 is 0 Å². The van der Waals surface area contributed by atoms with Gasteiger partial charge in [-0.15, -0.1) is 11.8 Å². The molecule has 0 unspecified atom stereocenters. The molecule has 0 aliphatic heterocycles. The molecule has 0 radical (unpaired) electrons. The van der Waals surface area contributed by atoms with E-state index in [1.165, 1.54) is 11.8 Å². The highest BCUT2D eigenvalue weighted by atomic mass is 32.2. The molecule has 0 saturated heterocycles. The predicted octanol–water partition coefficient (Wildman–Crippen LogP) is 1.89. The maximum Gasteiger partial charge on any atom is 0.232 e. The van der Waals surface area contributed by atoms with Crippen LogP contribution >= 0.6 is 11.8 Å². The summed E-state index contributed by atoms with van der Waals surface area (Å²) in [6, 6.07) is 8.15. The van der Waals surface area contributed by atoms with Gasteiger partial charge < -0.3 is 10.0 Å². The van der Waals surface area contributed by atoms with E-state index in [0.717, 1.165) is 23.3 Å². The van der Waals surface area contributed by atoms with Crippen molar-refractivity contribution in [2.75, 3.05) is 12.8 Å². The molecule has 1 fully saturated rings. The van der Waals surface area contributed by atoms with E-state index in [4.69, 9.17) is 5.11 Å². The van der Waals surface area contributed by atoms with E-state index in [-0.39, 0.29) is 12.5 Å². The first kappa shape index (κ1) is 12.5. The smallest absolute Gasteiger partial charge is 0.232 e. The zero-order valence-electron chi connectivity index (χ0n) is 9.93. The van der Waals surface area contributed by atoms with Crippen LogP contribution in [0, 0.1) is 0 Å². The van der Waals surface area contributed by atoms with E-state index in [1.54, 1.807) is 0 Å². The number of carbonyl (C=O) groups is 1. The molecular weight excluding hydrogens is 234 g/mol. The van der Waals surface area contributed by atoms with Gasteiger partial charge in [0.25, 0.3) is 0 Å². The molecule has 92 valence electrons. The van der Waals surface area contributed by atoms with Crippen molar-refractivity contribution in [1.82, 2.24) is 4.90 Å². The lowest BCUT2D eigenvalue weighted by atomic mass is 10.2. The highest BCUT2D eigenvalue weighted by Gasteiger charge is 2.29. The van der Waals surface area contributed by atoms with Crippen molar-refractivity contribution in [3.05, 3.63) is 29.8 Å². The van der Waals surface area contributed by atoms with Gasteiger partial charge in [0.2, 0.25) is 5.91 Å². The third-order valence-corrected chi connectivity index (χ3v) is 3.91. The van der Waals surface area contributed by atoms with Gasteiger partial charge in [0.15, 0.2) is 0 Å². The summed E-state index contributed by atoms with van der Waals surface area (Å²) in [6.07, 6.45) is 2.29. The normalized spacial score (nSPS) is 14.7. The summed E-state index contributed by atoms with van der Waals surface area (Å²) in [5.74, 6) is 0.661. The van der Waals surface area contributed by atoms with E-state index in [9.17, 15) is 4.79 Å². The van der Waals surface area contributed by atoms with E-state index in [2.05, 4.69) is 0 Å². The van der Waals surface area contributed by atoms with Gasteiger partial charge in [-0.05, 0) is 30.5 Å². The lowest BCUT2D eigenvalue weighted by Gasteiger charge is -2.15. The molecule has 4 heteroatoms. The Morgan fingerprint density at radius 1 is 1.53 bits per heavy atom. The van der Waals surface area contributed by atoms with Crippen LogP contribution < -0.4 is 0 Å². The molecule has 17 heavy (non-hydrogen) atoms. The van der Waals surface area contributed by atoms with Gasteiger partial charge in [-0.2, -0.15) is 0 Å². The van der Waals surface area contributed by atoms with Crippen LogP contribution in [0.5, 0.6) is 0 Å². The van der Waals surface area contributed by atoms with Crippen molar-refractivity contribution in [3.63, 3.8) is 0 Å². The first-order valence-corrected chi connectivity index (χ1v) is 6.77. The second-order valence-corrected chi connectivity index (χ2v) is 5.38. The summed E-state index contributed by atoms with van der Waals surface area (Å²) in [5.41, 5.74) is 0.887. The lowest BCUT2D eigenvalue weighted by molar-refractivity contribution is -0.127. The van der Waals surface area contributed by atoms with Gasteiger partial charge >= 0.3 is 0 Å². The average Bonchev–Trinajstić information content (AvgIpc) is 3.19. The molecule has 1 aliphatic rings. The Labute approximate surface area is 106 Å². The first-order valence-electron chi connectivity index (χ1n) is 5.79. The summed E-state index contributed by atoms with van der Waals surface area (Å²) in [4.78, 5) is 14.7. The molecule has 1 amide bonds. The first-order chi connectivity index (χ1) is 8.20. The molecule has 1 aliphatic carbocycles. The fourth-order valence-corrected chi connectivity index (χ4v) is 2.55. The number of aliphatic hydroxyl groups excluding tert-OH is 1. The highest BCUT2D eigenvalue weighted by molar-refractivity contribution is 8.00. The van der Waals surface area contributed by atoms with Crippen LogP contribution in [-0.2, 0) is 11.4 Å². The predicted molar refractivity (Wildman–Crippen MR) is 68.9 cm³/mol. The number of amides is 1. The molecule has 1 aromatic rings. The molecule has 0 aromatic heterocycles. The number of hydrogen-bond acceptors (Lipinski definition) is 3. The molecule has 2 rings (SSSR count). The minimum absolute atomic E-state index is 0.0460. The third-order valence-electron chi connectivity index (χ3n) is 2.93. The molecule has 1 aromatic carbocycles. The number of hydrogen-bond donors (Lipinski definition) is 1. The highest BCUT2D eigenvalue weighted by Crippen LogP contribution is 2.27. The second kappa shape index (κ2) is 5.56. The van der Waals surface area contributed by atoms with Crippen molar-refractivity contribution in [1.29, 1.82) is 0 Å². The zero-order chi connectivity index (χ0) is 12.3. The Bertz CT molecular complexity index is 404. The number of nitrogens with zero attached hydrogens (tertiary/aromatic N) is 1. The SMILES string of the molecule is CN(C(=O)CSc1cccc(CO)c1)C1CC1. The van der Waals surface area contributed by atoms with Crippen LogP contribution in [-0.4, -0.2) is 34.8 Å². The Morgan fingerprint density at radius 3 is 2.94 bits per heavy atom. The topological polar surface area (TPSA) is 40.5 Å². The van der Waals surface area contributed by atoms with Gasteiger partial charge in [-0.3, -0.25) is 4.79 Å². The molecule has 0 heterocycles. The Morgan fingerprint density at radius 2 is 2.29 bits per heavy atom. The minimum Gasteiger partial charge on any atom is -0.392 e. The number of thioether (sulfide) groups is 1. The van der Waals surface area contributed by atoms with E-state index < -0.39 is 0 Å². The second-order valence-electron chi connectivity index (χ2n) is 4.33. The van der Waals surface area contributed by atoms with Gasteiger partial charge in [-0.1, -0.05) is 12.1 Å². The molecule has 3 nitrogen and oxygen atoms in total. The van der Waals surface area contributed by atoms with Crippen LogP contribution in [0.1, 0.15) is 18.4 Å². The summed E-state index contributed by atoms with van der Waals surface area (Å²) < 4.78 is 0. The van der Waals surface area contributed by atoms with Gasteiger partial charge in [0.05, 0.1) is 12.4 Å². The van der Waals surface area contributed by atoms with Crippen LogP contribution in [0.3, 0.4) is 0 Å². The maximum atomic E-state index is 11.8. The summed E-state index contributed by atoms with van der Waals surface area (Å²) >= 11 is 1.53. The Hall–Kier alpha value is -1.00. The van der Waals surface area contributed by atoms with Crippen LogP contribution in [0.25, 0.3) is 0 Å². The lowest BCUT2D eigenvalue weighted by Crippen LogP contribution is -2.30. The van der Waals surface area contributed by atoms with Crippen LogP contribution in [0.15, 0.2) is 29.2 Å². The van der Waals surface area contributed by atoms with Crippen molar-refractivity contribution >= 4 is 17.7 Å². The molecule has 1 saturated carbocycles. The molecule has 0 bridgehead atoms. The van der Waals surface area contributed by atoms with Crippen LogP contribution in [0.2, 0.25) is 0 Å². The molecule has 0 spiro atoms. The van der Waals surface area contributed by atoms with E-state index in [0.29, 0.717) is 11.8 Å². The van der Waals surface area contributed by atoms with Gasteiger partial charge in [-0.25, -0.2) is 0 Å². The zero-order valence-corrected chi connectivity index (χ0v) is 10.7. The Kier molecular flexibility index (Phi) is 4.07. The van der Waals surface area contributed by atoms with Crippen molar-refractivity contribution in [2.45, 2.75) is 30.4 Å². The fraction of sp³-hybridized carbons (Fsp3) is 0.462. The van der Waals surface area contributed by atoms with E-state index in [1.807, 2.05) is 36.2 Å². The van der Waals surface area contributed by atoms with Crippen LogP contribution in [0.4, 0.5) is 0 Å². The summed E-state index contributed by atoms with van der Waals surface area (Å²) in [5, 5.41) is 9.02. The standard InChI is InChI=1S/C13H17NO2S/c1-14(11-5-6-11)13(16)9-17-12-4-2-3-10(7-12)8-15/h2-4,7,11,15H,5-6,8-9H2,1H3. The molecular formula is C13H17NO2S. The number of rotatable bonds is 5. The average molecular weight is 251 g/mol. The van der Waals surface area contributed by atoms with Gasteiger partial charge in [0.1, 0.15) is 0 Å². The molecule has 0 atom stereocenters. The fourth-order valence-electron chi connectivity index (χ4n) is 1.65. The van der Waals surface area contributed by atoms with Crippen molar-refractivity contribution < 1.29 is 9.90 Å². The number of carbonyl (C=O) groups excluding carboxylic acids is 1. The summed E-state index contributed by atoms with van der Waals surface area (Å²) in [7, 11) is 1.88. The summed E-state index contributed by atoms with van der Waals surface area (Å²) in [6.45, 7) is 0.0460. The molecule has 1 N–H and O–H groups in total. The number of benzene rings is 1. The Balaban J connectivity index is 1.85. The maximum absolute atomic E-state index is 11.8. The monoisotopic (exact) mass is 251 g/mol.